The van der Waals surface area contributed by atoms with E-state index in [0.717, 1.165) is 37.7 Å². The molecule has 27 heavy (non-hydrogen) atoms. The molecule has 0 amide bonds. The molecule has 3 rings (SSSR count). The molecule has 0 bridgehead atoms. The number of benzene rings is 1. The summed E-state index contributed by atoms with van der Waals surface area (Å²) in [6.07, 6.45) is 5.82. The standard InChI is InChI=1S/C22H33N3OS/c1-4-24(17-22-14-23-18(2)27-22)15-20-8-6-11-25(16-20)12-10-19-7-5-9-21(13-19)26-3/h5,7,9,13-14,20H,4,6,8,10-12,15-17H2,1-3H3. The summed E-state index contributed by atoms with van der Waals surface area (Å²) >= 11 is 1.83. The van der Waals surface area contributed by atoms with Gasteiger partial charge in [0.05, 0.1) is 12.1 Å². The first-order chi connectivity index (χ1) is 13.2. The summed E-state index contributed by atoms with van der Waals surface area (Å²) in [5.74, 6) is 1.74. The van der Waals surface area contributed by atoms with Crippen LogP contribution in [0.25, 0.3) is 0 Å². The van der Waals surface area contributed by atoms with E-state index < -0.39 is 0 Å². The number of hydrogen-bond acceptors (Lipinski definition) is 5. The average Bonchev–Trinajstić information content (AvgIpc) is 3.11. The third-order valence-electron chi connectivity index (χ3n) is 5.47. The van der Waals surface area contributed by atoms with Crippen LogP contribution in [0, 0.1) is 12.8 Å². The molecule has 1 aliphatic rings. The lowest BCUT2D eigenvalue weighted by Gasteiger charge is -2.35. The summed E-state index contributed by atoms with van der Waals surface area (Å²) < 4.78 is 5.35. The molecule has 0 spiro atoms. The van der Waals surface area contributed by atoms with E-state index in [-0.39, 0.29) is 0 Å². The van der Waals surface area contributed by atoms with Crippen LogP contribution >= 0.6 is 11.3 Å². The summed E-state index contributed by atoms with van der Waals surface area (Å²) in [6.45, 7) is 11.3. The molecule has 1 unspecified atom stereocenters. The Labute approximate surface area is 168 Å². The minimum atomic E-state index is 0.776. The first-order valence-electron chi connectivity index (χ1n) is 10.1. The minimum absolute atomic E-state index is 0.776. The fourth-order valence-electron chi connectivity index (χ4n) is 3.99. The highest BCUT2D eigenvalue weighted by atomic mass is 32.1. The number of likely N-dealkylation sites (tertiary alicyclic amines) is 1. The Balaban J connectivity index is 1.47. The number of piperidine rings is 1. The van der Waals surface area contributed by atoms with E-state index in [1.807, 2.05) is 23.6 Å². The van der Waals surface area contributed by atoms with E-state index >= 15 is 0 Å². The number of rotatable bonds is 9. The number of hydrogen-bond donors (Lipinski definition) is 0. The monoisotopic (exact) mass is 387 g/mol. The van der Waals surface area contributed by atoms with Crippen molar-refractivity contribution in [3.05, 3.63) is 45.9 Å². The number of aryl methyl sites for hydroxylation is 1. The van der Waals surface area contributed by atoms with E-state index in [2.05, 4.69) is 46.8 Å². The van der Waals surface area contributed by atoms with Crippen LogP contribution in [0.1, 0.15) is 35.2 Å². The van der Waals surface area contributed by atoms with E-state index in [0.29, 0.717) is 0 Å². The molecule has 5 heteroatoms. The van der Waals surface area contributed by atoms with Gasteiger partial charge in [0.1, 0.15) is 5.75 Å². The summed E-state index contributed by atoms with van der Waals surface area (Å²) in [4.78, 5) is 11.0. The van der Waals surface area contributed by atoms with Crippen molar-refractivity contribution in [3.8, 4) is 5.75 Å². The highest BCUT2D eigenvalue weighted by Crippen LogP contribution is 2.21. The van der Waals surface area contributed by atoms with Crippen molar-refractivity contribution < 1.29 is 4.74 Å². The molecule has 4 nitrogen and oxygen atoms in total. The third kappa shape index (κ3) is 6.30. The Hall–Kier alpha value is -1.43. The zero-order valence-electron chi connectivity index (χ0n) is 17.0. The van der Waals surface area contributed by atoms with E-state index in [1.165, 1.54) is 47.9 Å². The number of nitrogens with zero attached hydrogens (tertiary/aromatic N) is 3. The molecular weight excluding hydrogens is 354 g/mol. The van der Waals surface area contributed by atoms with Gasteiger partial charge in [-0.05, 0) is 62.9 Å². The van der Waals surface area contributed by atoms with Crippen LogP contribution in [0.15, 0.2) is 30.5 Å². The topological polar surface area (TPSA) is 28.6 Å². The van der Waals surface area contributed by atoms with E-state index in [4.69, 9.17) is 4.74 Å². The largest absolute Gasteiger partial charge is 0.497 e. The van der Waals surface area contributed by atoms with Gasteiger partial charge in [0, 0.05) is 37.3 Å². The van der Waals surface area contributed by atoms with Crippen molar-refractivity contribution in [1.82, 2.24) is 14.8 Å². The summed E-state index contributed by atoms with van der Waals surface area (Å²) in [5.41, 5.74) is 1.37. The quantitative estimate of drug-likeness (QED) is 0.644. The van der Waals surface area contributed by atoms with Gasteiger partial charge in [-0.25, -0.2) is 4.98 Å². The molecule has 148 valence electrons. The Morgan fingerprint density at radius 1 is 1.37 bits per heavy atom. The van der Waals surface area contributed by atoms with Gasteiger partial charge >= 0.3 is 0 Å². The number of thiazole rings is 1. The first kappa shape index (κ1) is 20.3. The molecule has 0 saturated carbocycles. The summed E-state index contributed by atoms with van der Waals surface area (Å²) in [5, 5.41) is 1.17. The third-order valence-corrected chi connectivity index (χ3v) is 6.36. The molecule has 1 atom stereocenters. The number of ether oxygens (including phenoxy) is 1. The van der Waals surface area contributed by atoms with Crippen molar-refractivity contribution in [2.75, 3.05) is 39.8 Å². The molecule has 1 aliphatic heterocycles. The van der Waals surface area contributed by atoms with Crippen molar-refractivity contribution in [2.24, 2.45) is 5.92 Å². The molecule has 1 aromatic heterocycles. The number of methoxy groups -OCH3 is 1. The zero-order valence-corrected chi connectivity index (χ0v) is 17.8. The SMILES string of the molecule is CCN(Cc1cnc(C)s1)CC1CCCN(CCc2cccc(OC)c2)C1. The summed E-state index contributed by atoms with van der Waals surface area (Å²) in [7, 11) is 1.74. The van der Waals surface area contributed by atoms with Gasteiger partial charge < -0.3 is 9.64 Å². The molecular formula is C22H33N3OS. The molecule has 0 aliphatic carbocycles. The fraction of sp³-hybridized carbons (Fsp3) is 0.591. The molecule has 2 heterocycles. The van der Waals surface area contributed by atoms with Crippen molar-refractivity contribution in [2.45, 2.75) is 39.7 Å². The molecule has 0 radical (unpaired) electrons. The van der Waals surface area contributed by atoms with Crippen molar-refractivity contribution >= 4 is 11.3 Å². The van der Waals surface area contributed by atoms with Crippen molar-refractivity contribution in [1.29, 1.82) is 0 Å². The normalized spacial score (nSPS) is 18.1. The predicted octanol–water partition coefficient (Wildman–Crippen LogP) is 4.24. The van der Waals surface area contributed by atoms with Crippen LogP contribution in [0.3, 0.4) is 0 Å². The van der Waals surface area contributed by atoms with Crippen molar-refractivity contribution in [3.63, 3.8) is 0 Å². The number of aromatic nitrogens is 1. The predicted molar refractivity (Wildman–Crippen MR) is 114 cm³/mol. The van der Waals surface area contributed by atoms with Crippen LogP contribution in [0.5, 0.6) is 5.75 Å². The van der Waals surface area contributed by atoms with Gasteiger partial charge in [0.2, 0.25) is 0 Å². The lowest BCUT2D eigenvalue weighted by atomic mass is 9.97. The maximum atomic E-state index is 5.35. The zero-order chi connectivity index (χ0) is 19.1. The van der Waals surface area contributed by atoms with Crippen LogP contribution in [0.4, 0.5) is 0 Å². The molecule has 1 saturated heterocycles. The van der Waals surface area contributed by atoms with Gasteiger partial charge in [-0.3, -0.25) is 4.90 Å². The second-order valence-corrected chi connectivity index (χ2v) is 8.90. The van der Waals surface area contributed by atoms with Gasteiger partial charge in [0.15, 0.2) is 0 Å². The molecule has 2 aromatic rings. The highest BCUT2D eigenvalue weighted by molar-refractivity contribution is 7.11. The second-order valence-electron chi connectivity index (χ2n) is 7.58. The Morgan fingerprint density at radius 2 is 2.26 bits per heavy atom. The lowest BCUT2D eigenvalue weighted by molar-refractivity contribution is 0.133. The summed E-state index contributed by atoms with van der Waals surface area (Å²) in [6, 6.07) is 8.48. The Morgan fingerprint density at radius 3 is 3.00 bits per heavy atom. The van der Waals surface area contributed by atoms with Crippen LogP contribution in [-0.4, -0.2) is 54.6 Å². The van der Waals surface area contributed by atoms with Crippen LogP contribution < -0.4 is 4.74 Å². The lowest BCUT2D eigenvalue weighted by Crippen LogP contribution is -2.41. The van der Waals surface area contributed by atoms with Gasteiger partial charge in [-0.1, -0.05) is 19.1 Å². The smallest absolute Gasteiger partial charge is 0.119 e. The first-order valence-corrected chi connectivity index (χ1v) is 11.0. The fourth-order valence-corrected chi connectivity index (χ4v) is 4.83. The molecule has 1 aromatic carbocycles. The molecule has 1 fully saturated rings. The van der Waals surface area contributed by atoms with Crippen LogP contribution in [0.2, 0.25) is 0 Å². The van der Waals surface area contributed by atoms with Gasteiger partial charge in [-0.2, -0.15) is 0 Å². The minimum Gasteiger partial charge on any atom is -0.497 e. The Bertz CT molecular complexity index is 702. The second kappa shape index (κ2) is 10.2. The van der Waals surface area contributed by atoms with E-state index in [1.54, 1.807) is 7.11 Å². The Kier molecular flexibility index (Phi) is 7.68. The van der Waals surface area contributed by atoms with E-state index in [9.17, 15) is 0 Å². The van der Waals surface area contributed by atoms with Gasteiger partial charge in [0.25, 0.3) is 0 Å². The highest BCUT2D eigenvalue weighted by Gasteiger charge is 2.22. The van der Waals surface area contributed by atoms with Crippen LogP contribution in [-0.2, 0) is 13.0 Å². The van der Waals surface area contributed by atoms with Gasteiger partial charge in [-0.15, -0.1) is 11.3 Å². The maximum Gasteiger partial charge on any atom is 0.119 e. The molecule has 0 N–H and O–H groups in total. The maximum absolute atomic E-state index is 5.35. The average molecular weight is 388 g/mol.